The van der Waals surface area contributed by atoms with Crippen LogP contribution >= 0.6 is 39.1 Å². The van der Waals surface area contributed by atoms with E-state index in [2.05, 4.69) is 20.9 Å². The summed E-state index contributed by atoms with van der Waals surface area (Å²) < 4.78 is 14.4. The average Bonchev–Trinajstić information content (AvgIpc) is 2.36. The molecule has 20 heavy (non-hydrogen) atoms. The molecule has 0 saturated carbocycles. The number of nitrogens with zero attached hydrogens (tertiary/aromatic N) is 1. The van der Waals surface area contributed by atoms with Crippen LogP contribution in [0, 0.1) is 5.82 Å². The van der Waals surface area contributed by atoms with E-state index >= 15 is 0 Å². The summed E-state index contributed by atoms with van der Waals surface area (Å²) in [6, 6.07) is 6.04. The first-order valence-electron chi connectivity index (χ1n) is 5.77. The summed E-state index contributed by atoms with van der Waals surface area (Å²) in [5.41, 5.74) is -0.390. The average molecular weight is 379 g/mol. The first-order chi connectivity index (χ1) is 9.29. The molecule has 0 bridgehead atoms. The van der Waals surface area contributed by atoms with Gasteiger partial charge >= 0.3 is 0 Å². The van der Waals surface area contributed by atoms with Crippen molar-refractivity contribution >= 4 is 39.1 Å². The summed E-state index contributed by atoms with van der Waals surface area (Å²) in [5.74, 6) is -0.616. The van der Waals surface area contributed by atoms with Crippen LogP contribution in [0.25, 0.3) is 0 Å². The summed E-state index contributed by atoms with van der Waals surface area (Å²) >= 11 is 15.0. The van der Waals surface area contributed by atoms with Gasteiger partial charge < -0.3 is 5.11 Å². The predicted octanol–water partition coefficient (Wildman–Crippen LogP) is 4.74. The fourth-order valence-electron chi connectivity index (χ4n) is 1.89. The maximum absolute atomic E-state index is 13.6. The molecule has 0 aliphatic carbocycles. The first kappa shape index (κ1) is 15.7. The quantitative estimate of drug-likeness (QED) is 0.782. The monoisotopic (exact) mass is 377 g/mol. The second kappa shape index (κ2) is 5.98. The van der Waals surface area contributed by atoms with Crippen molar-refractivity contribution < 1.29 is 9.50 Å². The minimum absolute atomic E-state index is 0.0729. The highest BCUT2D eigenvalue weighted by Gasteiger charge is 2.28. The van der Waals surface area contributed by atoms with Crippen LogP contribution in [0.5, 0.6) is 0 Å². The van der Waals surface area contributed by atoms with Crippen molar-refractivity contribution in [2.75, 3.05) is 0 Å². The molecule has 2 aromatic rings. The standard InChI is InChI=1S/C14H11BrCl2FNO/c1-14(20,6-9-3-2-8(15)7-19-9)10-4-13(18)12(17)5-11(10)16/h2-5,7,20H,6H2,1H3. The highest BCUT2D eigenvalue weighted by atomic mass is 79.9. The maximum Gasteiger partial charge on any atom is 0.142 e. The normalized spacial score (nSPS) is 14.1. The minimum Gasteiger partial charge on any atom is -0.385 e. The topological polar surface area (TPSA) is 33.1 Å². The van der Waals surface area contributed by atoms with E-state index in [-0.39, 0.29) is 22.0 Å². The molecular formula is C14H11BrCl2FNO. The molecule has 0 fully saturated rings. The van der Waals surface area contributed by atoms with Gasteiger partial charge in [0.05, 0.1) is 10.6 Å². The number of aromatic nitrogens is 1. The molecule has 1 aromatic heterocycles. The second-order valence-electron chi connectivity index (χ2n) is 4.66. The summed E-state index contributed by atoms with van der Waals surface area (Å²) in [6.45, 7) is 1.56. The van der Waals surface area contributed by atoms with Crippen molar-refractivity contribution in [3.8, 4) is 0 Å². The lowest BCUT2D eigenvalue weighted by Crippen LogP contribution is -2.25. The highest BCUT2D eigenvalue weighted by molar-refractivity contribution is 9.10. The minimum atomic E-state index is -1.34. The molecular weight excluding hydrogens is 368 g/mol. The van der Waals surface area contributed by atoms with Crippen molar-refractivity contribution in [2.24, 2.45) is 0 Å². The van der Waals surface area contributed by atoms with Gasteiger partial charge in [-0.05, 0) is 47.1 Å². The molecule has 0 amide bonds. The van der Waals surface area contributed by atoms with Crippen molar-refractivity contribution in [3.05, 3.63) is 62.1 Å². The van der Waals surface area contributed by atoms with Gasteiger partial charge in [0, 0.05) is 33.4 Å². The van der Waals surface area contributed by atoms with Crippen molar-refractivity contribution in [3.63, 3.8) is 0 Å². The van der Waals surface area contributed by atoms with E-state index in [0.717, 1.165) is 10.5 Å². The molecule has 1 heterocycles. The van der Waals surface area contributed by atoms with Crippen LogP contribution in [-0.2, 0) is 12.0 Å². The smallest absolute Gasteiger partial charge is 0.142 e. The van der Waals surface area contributed by atoms with E-state index in [4.69, 9.17) is 23.2 Å². The molecule has 2 nitrogen and oxygen atoms in total. The lowest BCUT2D eigenvalue weighted by Gasteiger charge is -2.25. The Kier molecular flexibility index (Phi) is 4.69. The van der Waals surface area contributed by atoms with Gasteiger partial charge in [-0.25, -0.2) is 4.39 Å². The largest absolute Gasteiger partial charge is 0.385 e. The van der Waals surface area contributed by atoms with E-state index < -0.39 is 11.4 Å². The Morgan fingerprint density at radius 1 is 1.30 bits per heavy atom. The van der Waals surface area contributed by atoms with Crippen LogP contribution in [0.3, 0.4) is 0 Å². The fourth-order valence-corrected chi connectivity index (χ4v) is 2.72. The molecule has 106 valence electrons. The van der Waals surface area contributed by atoms with E-state index in [1.807, 2.05) is 6.07 Å². The van der Waals surface area contributed by atoms with Gasteiger partial charge in [-0.2, -0.15) is 0 Å². The summed E-state index contributed by atoms with van der Waals surface area (Å²) in [7, 11) is 0. The number of hydrogen-bond acceptors (Lipinski definition) is 2. The first-order valence-corrected chi connectivity index (χ1v) is 7.32. The third kappa shape index (κ3) is 3.50. The number of rotatable bonds is 3. The van der Waals surface area contributed by atoms with Crippen LogP contribution < -0.4 is 0 Å². The maximum atomic E-state index is 13.6. The number of benzene rings is 1. The molecule has 1 N–H and O–H groups in total. The Morgan fingerprint density at radius 3 is 2.60 bits per heavy atom. The van der Waals surface area contributed by atoms with E-state index in [1.165, 1.54) is 6.07 Å². The summed E-state index contributed by atoms with van der Waals surface area (Å²) in [4.78, 5) is 4.19. The Morgan fingerprint density at radius 2 is 2.00 bits per heavy atom. The van der Waals surface area contributed by atoms with Crippen LogP contribution in [0.2, 0.25) is 10.0 Å². The highest BCUT2D eigenvalue weighted by Crippen LogP contribution is 2.34. The van der Waals surface area contributed by atoms with Gasteiger partial charge in [0.25, 0.3) is 0 Å². The molecule has 0 spiro atoms. The summed E-state index contributed by atoms with van der Waals surface area (Å²) in [6.07, 6.45) is 1.84. The van der Waals surface area contributed by atoms with Gasteiger partial charge in [0.15, 0.2) is 0 Å². The zero-order chi connectivity index (χ0) is 14.9. The van der Waals surface area contributed by atoms with Crippen molar-refractivity contribution in [1.82, 2.24) is 4.98 Å². The molecule has 1 unspecified atom stereocenters. The van der Waals surface area contributed by atoms with E-state index in [9.17, 15) is 9.50 Å². The lowest BCUT2D eigenvalue weighted by molar-refractivity contribution is 0.0564. The van der Waals surface area contributed by atoms with E-state index in [0.29, 0.717) is 5.69 Å². The Hall–Kier alpha value is -0.680. The molecule has 1 atom stereocenters. The Bertz CT molecular complexity index is 632. The van der Waals surface area contributed by atoms with Crippen molar-refractivity contribution in [1.29, 1.82) is 0 Å². The van der Waals surface area contributed by atoms with Crippen LogP contribution in [0.4, 0.5) is 4.39 Å². The molecule has 2 rings (SSSR count). The SMILES string of the molecule is CC(O)(Cc1ccc(Br)cn1)c1cc(F)c(Cl)cc1Cl. The third-order valence-corrected chi connectivity index (χ3v) is 3.98. The van der Waals surface area contributed by atoms with Gasteiger partial charge in [-0.3, -0.25) is 4.98 Å². The number of pyridine rings is 1. The van der Waals surface area contributed by atoms with Crippen LogP contribution in [0.1, 0.15) is 18.2 Å². The van der Waals surface area contributed by atoms with Gasteiger partial charge in [0.2, 0.25) is 0 Å². The number of aliphatic hydroxyl groups is 1. The third-order valence-electron chi connectivity index (χ3n) is 2.90. The lowest BCUT2D eigenvalue weighted by atomic mass is 9.90. The summed E-state index contributed by atoms with van der Waals surface area (Å²) in [5, 5.41) is 10.7. The van der Waals surface area contributed by atoms with Crippen molar-refractivity contribution in [2.45, 2.75) is 18.9 Å². The number of hydrogen-bond donors (Lipinski definition) is 1. The Labute approximate surface area is 134 Å². The van der Waals surface area contributed by atoms with Gasteiger partial charge in [-0.1, -0.05) is 23.2 Å². The molecule has 0 aliphatic rings. The van der Waals surface area contributed by atoms with E-state index in [1.54, 1.807) is 19.2 Å². The van der Waals surface area contributed by atoms with Crippen LogP contribution in [-0.4, -0.2) is 10.1 Å². The molecule has 0 saturated heterocycles. The van der Waals surface area contributed by atoms with Gasteiger partial charge in [0.1, 0.15) is 5.82 Å². The predicted molar refractivity (Wildman–Crippen MR) is 81.6 cm³/mol. The molecule has 0 radical (unpaired) electrons. The second-order valence-corrected chi connectivity index (χ2v) is 6.39. The molecule has 0 aliphatic heterocycles. The van der Waals surface area contributed by atoms with Crippen LogP contribution in [0.15, 0.2) is 34.9 Å². The van der Waals surface area contributed by atoms with Gasteiger partial charge in [-0.15, -0.1) is 0 Å². The number of halogens is 4. The molecule has 6 heteroatoms. The zero-order valence-electron chi connectivity index (χ0n) is 10.5. The fraction of sp³-hybridized carbons (Fsp3) is 0.214. The zero-order valence-corrected chi connectivity index (χ0v) is 13.6. The Balaban J connectivity index is 2.34. The molecule has 1 aromatic carbocycles.